The van der Waals surface area contributed by atoms with Crippen LogP contribution in [0.3, 0.4) is 0 Å². The molecule has 142 valence electrons. The Bertz CT molecular complexity index is 1040. The minimum atomic E-state index is -0.501. The molecule has 0 unspecified atom stereocenters. The molecule has 1 atom stereocenters. The number of aromatic nitrogens is 3. The molecule has 28 heavy (non-hydrogen) atoms. The Balaban J connectivity index is 1.94. The lowest BCUT2D eigenvalue weighted by Gasteiger charge is -2.27. The summed E-state index contributed by atoms with van der Waals surface area (Å²) in [5, 5.41) is 4.65. The van der Waals surface area contributed by atoms with E-state index in [2.05, 4.69) is 10.1 Å². The molecule has 0 bridgehead atoms. The van der Waals surface area contributed by atoms with Crippen LogP contribution in [0.1, 0.15) is 29.7 Å². The van der Waals surface area contributed by atoms with Gasteiger partial charge in [0.2, 0.25) is 11.8 Å². The molecule has 0 spiro atoms. The molecule has 3 heterocycles. The summed E-state index contributed by atoms with van der Waals surface area (Å²) in [6, 6.07) is 13.3. The monoisotopic (exact) mass is 376 g/mol. The van der Waals surface area contributed by atoms with E-state index >= 15 is 0 Å². The first-order valence-corrected chi connectivity index (χ1v) is 9.01. The predicted octanol–water partition coefficient (Wildman–Crippen LogP) is 2.83. The highest BCUT2D eigenvalue weighted by Gasteiger charge is 2.39. The van der Waals surface area contributed by atoms with E-state index in [0.29, 0.717) is 5.88 Å². The number of rotatable bonds is 4. The molecule has 3 aromatic rings. The lowest BCUT2D eigenvalue weighted by Crippen LogP contribution is -2.28. The van der Waals surface area contributed by atoms with Crippen molar-refractivity contribution in [3.8, 4) is 11.6 Å². The number of esters is 1. The molecular formula is C21H20N4O3. The Morgan fingerprint density at radius 3 is 2.61 bits per heavy atom. The van der Waals surface area contributed by atoms with Crippen LogP contribution in [0.4, 0.5) is 0 Å². The second kappa shape index (κ2) is 7.19. The maximum absolute atomic E-state index is 12.7. The first kappa shape index (κ1) is 17.8. The van der Waals surface area contributed by atoms with Crippen LogP contribution in [0.5, 0.6) is 5.88 Å². The molecule has 0 radical (unpaired) electrons. The number of ether oxygens (including phenoxy) is 2. The summed E-state index contributed by atoms with van der Waals surface area (Å²) in [6.07, 6.45) is 3.36. The maximum Gasteiger partial charge on any atom is 0.340 e. The summed E-state index contributed by atoms with van der Waals surface area (Å²) < 4.78 is 12.9. The quantitative estimate of drug-likeness (QED) is 0.704. The Labute approximate surface area is 162 Å². The van der Waals surface area contributed by atoms with Crippen LogP contribution in [0.2, 0.25) is 0 Å². The molecule has 7 nitrogen and oxygen atoms in total. The fourth-order valence-corrected chi connectivity index (χ4v) is 3.46. The van der Waals surface area contributed by atoms with Gasteiger partial charge in [0, 0.05) is 12.4 Å². The molecule has 0 saturated carbocycles. The number of carbonyl (C=O) groups excluding carboxylic acids is 1. The van der Waals surface area contributed by atoms with Crippen molar-refractivity contribution >= 4 is 5.97 Å². The lowest BCUT2D eigenvalue weighted by atomic mass is 9.84. The van der Waals surface area contributed by atoms with Crippen LogP contribution in [0, 0.1) is 6.92 Å². The first-order chi connectivity index (χ1) is 13.6. The van der Waals surface area contributed by atoms with Gasteiger partial charge in [-0.25, -0.2) is 9.48 Å². The minimum absolute atomic E-state index is 0.0184. The number of pyridine rings is 1. The zero-order chi connectivity index (χ0) is 19.7. The number of benzene rings is 1. The van der Waals surface area contributed by atoms with E-state index in [-0.39, 0.29) is 18.1 Å². The number of hydrogen-bond donors (Lipinski definition) is 1. The van der Waals surface area contributed by atoms with E-state index in [1.807, 2.05) is 49.4 Å². The Kier molecular flexibility index (Phi) is 4.57. The molecule has 0 aliphatic carbocycles. The van der Waals surface area contributed by atoms with Crippen LogP contribution in [0.25, 0.3) is 5.69 Å². The van der Waals surface area contributed by atoms with Crippen molar-refractivity contribution in [2.24, 2.45) is 5.73 Å². The second-order valence-electron chi connectivity index (χ2n) is 6.37. The average Bonchev–Trinajstić information content (AvgIpc) is 3.04. The van der Waals surface area contributed by atoms with Crippen molar-refractivity contribution in [2.75, 3.05) is 6.61 Å². The third-order valence-electron chi connectivity index (χ3n) is 4.65. The smallest absolute Gasteiger partial charge is 0.340 e. The summed E-state index contributed by atoms with van der Waals surface area (Å²) in [5.74, 6) is -0.441. The van der Waals surface area contributed by atoms with Crippen LogP contribution in [-0.4, -0.2) is 27.3 Å². The predicted molar refractivity (Wildman–Crippen MR) is 103 cm³/mol. The summed E-state index contributed by atoms with van der Waals surface area (Å²) in [6.45, 7) is 3.89. The standard InChI is InChI=1S/C21H20N4O3/c1-3-27-21(26)18-17(14-9-11-23-12-10-14)16-13(2)24-25(20(16)28-19(18)22)15-7-5-4-6-8-15/h4-12,17H,3,22H2,1-2H3/t17-/m0/s1. The van der Waals surface area contributed by atoms with E-state index in [1.165, 1.54) is 0 Å². The van der Waals surface area contributed by atoms with Gasteiger partial charge in [-0.15, -0.1) is 0 Å². The van der Waals surface area contributed by atoms with E-state index in [0.717, 1.165) is 22.5 Å². The highest BCUT2D eigenvalue weighted by molar-refractivity contribution is 5.92. The first-order valence-electron chi connectivity index (χ1n) is 9.01. The van der Waals surface area contributed by atoms with Gasteiger partial charge in [0.1, 0.15) is 5.57 Å². The summed E-state index contributed by atoms with van der Waals surface area (Å²) in [5.41, 5.74) is 9.72. The third kappa shape index (κ3) is 2.90. The zero-order valence-corrected chi connectivity index (χ0v) is 15.6. The van der Waals surface area contributed by atoms with Crippen LogP contribution >= 0.6 is 0 Å². The van der Waals surface area contributed by atoms with E-state index < -0.39 is 11.9 Å². The fourth-order valence-electron chi connectivity index (χ4n) is 3.46. The zero-order valence-electron chi connectivity index (χ0n) is 15.6. The van der Waals surface area contributed by atoms with E-state index in [9.17, 15) is 4.79 Å². The largest absolute Gasteiger partial charge is 0.462 e. The average molecular weight is 376 g/mol. The van der Waals surface area contributed by atoms with Gasteiger partial charge in [-0.1, -0.05) is 18.2 Å². The Hall–Kier alpha value is -3.61. The van der Waals surface area contributed by atoms with E-state index in [1.54, 1.807) is 24.0 Å². The van der Waals surface area contributed by atoms with Crippen molar-refractivity contribution in [1.82, 2.24) is 14.8 Å². The van der Waals surface area contributed by atoms with Crippen LogP contribution in [-0.2, 0) is 9.53 Å². The molecule has 1 aliphatic heterocycles. The van der Waals surface area contributed by atoms with Gasteiger partial charge in [0.25, 0.3) is 0 Å². The SMILES string of the molecule is CCOC(=O)C1=C(N)Oc2c(c(C)nn2-c2ccccc2)[C@@H]1c1ccncc1. The van der Waals surface area contributed by atoms with Crippen molar-refractivity contribution in [1.29, 1.82) is 0 Å². The molecule has 2 aromatic heterocycles. The lowest BCUT2D eigenvalue weighted by molar-refractivity contribution is -0.139. The van der Waals surface area contributed by atoms with Crippen molar-refractivity contribution in [3.05, 3.63) is 83.1 Å². The molecule has 0 fully saturated rings. The molecular weight excluding hydrogens is 356 g/mol. The number of para-hydroxylation sites is 1. The Morgan fingerprint density at radius 1 is 1.21 bits per heavy atom. The number of hydrogen-bond acceptors (Lipinski definition) is 6. The van der Waals surface area contributed by atoms with Gasteiger partial charge >= 0.3 is 5.97 Å². The molecule has 1 aliphatic rings. The minimum Gasteiger partial charge on any atom is -0.462 e. The molecule has 2 N–H and O–H groups in total. The molecule has 4 rings (SSSR count). The third-order valence-corrected chi connectivity index (χ3v) is 4.65. The maximum atomic E-state index is 12.7. The molecule has 0 saturated heterocycles. The van der Waals surface area contributed by atoms with E-state index in [4.69, 9.17) is 15.2 Å². The number of nitrogens with zero attached hydrogens (tertiary/aromatic N) is 3. The molecule has 1 aromatic carbocycles. The highest BCUT2D eigenvalue weighted by Crippen LogP contribution is 2.45. The summed E-state index contributed by atoms with van der Waals surface area (Å²) >= 11 is 0. The van der Waals surface area contributed by atoms with Crippen LogP contribution in [0.15, 0.2) is 66.3 Å². The topological polar surface area (TPSA) is 92.3 Å². The highest BCUT2D eigenvalue weighted by atomic mass is 16.5. The van der Waals surface area contributed by atoms with Gasteiger partial charge in [-0.3, -0.25) is 4.98 Å². The van der Waals surface area contributed by atoms with Crippen molar-refractivity contribution in [3.63, 3.8) is 0 Å². The fraction of sp³-hybridized carbons (Fsp3) is 0.190. The number of aryl methyl sites for hydroxylation is 1. The molecule has 7 heteroatoms. The van der Waals surface area contributed by atoms with Gasteiger partial charge in [0.15, 0.2) is 0 Å². The van der Waals surface area contributed by atoms with Gasteiger partial charge in [-0.05, 0) is 43.7 Å². The normalized spacial score (nSPS) is 15.7. The Morgan fingerprint density at radius 2 is 1.93 bits per heavy atom. The number of nitrogens with two attached hydrogens (primary N) is 1. The van der Waals surface area contributed by atoms with Crippen LogP contribution < -0.4 is 10.5 Å². The summed E-state index contributed by atoms with van der Waals surface area (Å²) in [4.78, 5) is 16.8. The van der Waals surface area contributed by atoms with Gasteiger partial charge in [-0.2, -0.15) is 5.10 Å². The second-order valence-corrected chi connectivity index (χ2v) is 6.37. The molecule has 0 amide bonds. The van der Waals surface area contributed by atoms with Gasteiger partial charge < -0.3 is 15.2 Å². The number of carbonyl (C=O) groups is 1. The van der Waals surface area contributed by atoms with Crippen molar-refractivity contribution in [2.45, 2.75) is 19.8 Å². The van der Waals surface area contributed by atoms with Gasteiger partial charge in [0.05, 0.1) is 29.5 Å². The number of fused-ring (bicyclic) bond motifs is 1. The van der Waals surface area contributed by atoms with Crippen molar-refractivity contribution < 1.29 is 14.3 Å². The summed E-state index contributed by atoms with van der Waals surface area (Å²) in [7, 11) is 0.